The largest absolute Gasteiger partial charge is 0.335 e. The highest BCUT2D eigenvalue weighted by molar-refractivity contribution is 7.99. The third kappa shape index (κ3) is 4.78. The maximum absolute atomic E-state index is 12.8. The van der Waals surface area contributed by atoms with Crippen molar-refractivity contribution in [3.8, 4) is 10.7 Å². The van der Waals surface area contributed by atoms with Crippen LogP contribution >= 0.6 is 23.1 Å². The summed E-state index contributed by atoms with van der Waals surface area (Å²) in [5, 5.41) is 11.5. The molecule has 5 nitrogen and oxygen atoms in total. The molecule has 3 aromatic rings. The molecule has 1 amide bonds. The van der Waals surface area contributed by atoms with E-state index in [-0.39, 0.29) is 11.9 Å². The summed E-state index contributed by atoms with van der Waals surface area (Å²) in [7, 11) is 0. The molecule has 0 atom stereocenters. The molecule has 2 heterocycles. The second-order valence-electron chi connectivity index (χ2n) is 6.42. The topological polar surface area (TPSA) is 51.0 Å². The van der Waals surface area contributed by atoms with Crippen LogP contribution in [0.25, 0.3) is 10.7 Å². The second-order valence-corrected chi connectivity index (χ2v) is 8.31. The van der Waals surface area contributed by atoms with Crippen LogP contribution in [0.4, 0.5) is 0 Å². The van der Waals surface area contributed by atoms with Crippen molar-refractivity contribution in [2.75, 3.05) is 5.75 Å². The number of carbonyl (C=O) groups excluding carboxylic acids is 1. The van der Waals surface area contributed by atoms with E-state index in [0.29, 0.717) is 12.3 Å². The van der Waals surface area contributed by atoms with Gasteiger partial charge in [-0.3, -0.25) is 4.79 Å². The van der Waals surface area contributed by atoms with Gasteiger partial charge in [0.1, 0.15) is 0 Å². The monoisotopic (exact) mass is 400 g/mol. The lowest BCUT2D eigenvalue weighted by molar-refractivity contribution is -0.130. The van der Waals surface area contributed by atoms with Gasteiger partial charge in [-0.2, -0.15) is 0 Å². The van der Waals surface area contributed by atoms with E-state index < -0.39 is 0 Å². The third-order valence-corrected chi connectivity index (χ3v) is 6.06. The Morgan fingerprint density at radius 2 is 1.96 bits per heavy atom. The number of benzene rings is 1. The van der Waals surface area contributed by atoms with Crippen LogP contribution in [0.2, 0.25) is 0 Å². The fourth-order valence-corrected chi connectivity index (χ4v) is 4.42. The summed E-state index contributed by atoms with van der Waals surface area (Å²) in [5.74, 6) is 1.34. The smallest absolute Gasteiger partial charge is 0.233 e. The summed E-state index contributed by atoms with van der Waals surface area (Å²) in [5.41, 5.74) is 1.14. The highest BCUT2D eigenvalue weighted by atomic mass is 32.2. The minimum Gasteiger partial charge on any atom is -0.335 e. The molecule has 0 spiro atoms. The van der Waals surface area contributed by atoms with Crippen molar-refractivity contribution >= 4 is 29.0 Å². The Morgan fingerprint density at radius 3 is 2.59 bits per heavy atom. The van der Waals surface area contributed by atoms with E-state index in [1.807, 2.05) is 40.6 Å². The van der Waals surface area contributed by atoms with Crippen LogP contribution < -0.4 is 0 Å². The van der Waals surface area contributed by atoms with E-state index >= 15 is 0 Å². The minimum atomic E-state index is 0.113. The van der Waals surface area contributed by atoms with Gasteiger partial charge in [-0.05, 0) is 37.8 Å². The first kappa shape index (κ1) is 19.6. The molecule has 27 heavy (non-hydrogen) atoms. The molecule has 3 rings (SSSR count). The van der Waals surface area contributed by atoms with Crippen molar-refractivity contribution in [3.63, 3.8) is 0 Å². The van der Waals surface area contributed by atoms with Gasteiger partial charge < -0.3 is 9.47 Å². The molecular formula is C20H24N4OS2. The standard InChI is InChI=1S/C20H24N4OS2/c1-4-23-19(17-11-8-12-26-17)21-22-20(23)27-14-18(25)24(15(2)3)13-16-9-6-5-7-10-16/h5-12,15H,4,13-14H2,1-3H3. The normalized spacial score (nSPS) is 11.1. The average molecular weight is 401 g/mol. The highest BCUT2D eigenvalue weighted by Gasteiger charge is 2.20. The molecule has 0 fully saturated rings. The van der Waals surface area contributed by atoms with Gasteiger partial charge in [0.2, 0.25) is 5.91 Å². The summed E-state index contributed by atoms with van der Waals surface area (Å²) in [6.07, 6.45) is 0. The Kier molecular flexibility index (Phi) is 6.68. The van der Waals surface area contributed by atoms with E-state index in [9.17, 15) is 4.79 Å². The first-order chi connectivity index (χ1) is 13.1. The molecule has 0 aliphatic rings. The number of rotatable bonds is 8. The molecule has 0 unspecified atom stereocenters. The number of amides is 1. The van der Waals surface area contributed by atoms with Gasteiger partial charge in [0, 0.05) is 19.1 Å². The van der Waals surface area contributed by atoms with Gasteiger partial charge >= 0.3 is 0 Å². The molecule has 0 aliphatic heterocycles. The van der Waals surface area contributed by atoms with Crippen LogP contribution in [-0.2, 0) is 17.9 Å². The molecule has 1 aromatic carbocycles. The molecule has 7 heteroatoms. The maximum Gasteiger partial charge on any atom is 0.233 e. The number of nitrogens with zero attached hydrogens (tertiary/aromatic N) is 4. The number of carbonyl (C=O) groups is 1. The molecule has 0 N–H and O–H groups in total. The lowest BCUT2D eigenvalue weighted by atomic mass is 10.2. The van der Waals surface area contributed by atoms with Gasteiger partial charge in [-0.15, -0.1) is 21.5 Å². The predicted molar refractivity (Wildman–Crippen MR) is 112 cm³/mol. The van der Waals surface area contributed by atoms with Crippen molar-refractivity contribution in [2.45, 2.75) is 45.1 Å². The number of hydrogen-bond donors (Lipinski definition) is 0. The van der Waals surface area contributed by atoms with Crippen LogP contribution in [0.5, 0.6) is 0 Å². The molecular weight excluding hydrogens is 376 g/mol. The van der Waals surface area contributed by atoms with Crippen LogP contribution in [0.3, 0.4) is 0 Å². The second kappa shape index (κ2) is 9.19. The Balaban J connectivity index is 1.69. The summed E-state index contributed by atoms with van der Waals surface area (Å²) in [4.78, 5) is 15.9. The molecule has 0 saturated heterocycles. The summed E-state index contributed by atoms with van der Waals surface area (Å²) >= 11 is 3.10. The summed E-state index contributed by atoms with van der Waals surface area (Å²) in [6.45, 7) is 7.57. The van der Waals surface area contributed by atoms with Gasteiger partial charge in [0.05, 0.1) is 10.6 Å². The van der Waals surface area contributed by atoms with Gasteiger partial charge in [-0.1, -0.05) is 48.2 Å². The molecule has 2 aromatic heterocycles. The fraction of sp³-hybridized carbons (Fsp3) is 0.350. The van der Waals surface area contributed by atoms with Crippen molar-refractivity contribution in [1.82, 2.24) is 19.7 Å². The molecule has 142 valence electrons. The Hall–Kier alpha value is -2.12. The Labute approximate surface area is 168 Å². The van der Waals surface area contributed by atoms with Crippen LogP contribution in [0.1, 0.15) is 26.3 Å². The zero-order chi connectivity index (χ0) is 19.2. The van der Waals surface area contributed by atoms with Crippen LogP contribution in [0.15, 0.2) is 53.0 Å². The summed E-state index contributed by atoms with van der Waals surface area (Å²) < 4.78 is 2.07. The zero-order valence-electron chi connectivity index (χ0n) is 15.8. The predicted octanol–water partition coefficient (Wildman–Crippen LogP) is 4.56. The number of hydrogen-bond acceptors (Lipinski definition) is 5. The minimum absolute atomic E-state index is 0.113. The Morgan fingerprint density at radius 1 is 1.19 bits per heavy atom. The van der Waals surface area contributed by atoms with E-state index in [1.54, 1.807) is 11.3 Å². The van der Waals surface area contributed by atoms with Crippen molar-refractivity contribution in [2.24, 2.45) is 0 Å². The highest BCUT2D eigenvalue weighted by Crippen LogP contribution is 2.27. The van der Waals surface area contributed by atoms with Crippen molar-refractivity contribution < 1.29 is 4.79 Å². The van der Waals surface area contributed by atoms with Gasteiger partial charge in [0.25, 0.3) is 0 Å². The number of thioether (sulfide) groups is 1. The Bertz CT molecular complexity index is 860. The number of aromatic nitrogens is 3. The van der Waals surface area contributed by atoms with Gasteiger partial charge in [-0.25, -0.2) is 0 Å². The van der Waals surface area contributed by atoms with Crippen LogP contribution in [-0.4, -0.2) is 37.4 Å². The van der Waals surface area contributed by atoms with E-state index in [2.05, 4.69) is 47.7 Å². The average Bonchev–Trinajstić information content (AvgIpc) is 3.33. The van der Waals surface area contributed by atoms with E-state index in [1.165, 1.54) is 11.8 Å². The molecule has 0 bridgehead atoms. The SMILES string of the molecule is CCn1c(SCC(=O)N(Cc2ccccc2)C(C)C)nnc1-c1cccs1. The molecule has 0 radical (unpaired) electrons. The quantitative estimate of drug-likeness (QED) is 0.520. The maximum atomic E-state index is 12.8. The first-order valence-electron chi connectivity index (χ1n) is 9.03. The molecule has 0 aliphatic carbocycles. The first-order valence-corrected chi connectivity index (χ1v) is 10.9. The lowest BCUT2D eigenvalue weighted by Crippen LogP contribution is -2.37. The van der Waals surface area contributed by atoms with Crippen LogP contribution in [0, 0.1) is 0 Å². The lowest BCUT2D eigenvalue weighted by Gasteiger charge is -2.26. The van der Waals surface area contributed by atoms with E-state index in [0.717, 1.165) is 28.0 Å². The fourth-order valence-electron chi connectivity index (χ4n) is 2.82. The molecule has 0 saturated carbocycles. The van der Waals surface area contributed by atoms with Crippen molar-refractivity contribution in [3.05, 3.63) is 53.4 Å². The number of thiophene rings is 1. The third-order valence-electron chi connectivity index (χ3n) is 4.24. The summed E-state index contributed by atoms with van der Waals surface area (Å²) in [6, 6.07) is 14.3. The van der Waals surface area contributed by atoms with Crippen molar-refractivity contribution in [1.29, 1.82) is 0 Å². The zero-order valence-corrected chi connectivity index (χ0v) is 17.5. The van der Waals surface area contributed by atoms with Gasteiger partial charge in [0.15, 0.2) is 11.0 Å². The van der Waals surface area contributed by atoms with E-state index in [4.69, 9.17) is 0 Å².